The number of hydrogen-bond donors (Lipinski definition) is 0. The molecule has 0 unspecified atom stereocenters. The minimum atomic E-state index is -0.209. The molecular formula is C15H13FN2. The molecule has 0 aliphatic heterocycles. The third-order valence-corrected chi connectivity index (χ3v) is 3.02. The summed E-state index contributed by atoms with van der Waals surface area (Å²) in [6.45, 7) is 2.65. The Balaban J connectivity index is 2.00. The molecule has 2 aromatic carbocycles. The van der Waals surface area contributed by atoms with Gasteiger partial charge < -0.3 is 0 Å². The van der Waals surface area contributed by atoms with Crippen LogP contribution < -0.4 is 0 Å². The molecule has 0 radical (unpaired) electrons. The van der Waals surface area contributed by atoms with E-state index in [1.165, 1.54) is 11.6 Å². The van der Waals surface area contributed by atoms with Crippen LogP contribution >= 0.6 is 0 Å². The van der Waals surface area contributed by atoms with E-state index in [2.05, 4.69) is 30.2 Å². The van der Waals surface area contributed by atoms with Gasteiger partial charge in [0.2, 0.25) is 0 Å². The normalized spacial score (nSPS) is 11.0. The van der Waals surface area contributed by atoms with E-state index >= 15 is 0 Å². The van der Waals surface area contributed by atoms with Crippen molar-refractivity contribution in [3.8, 4) is 0 Å². The van der Waals surface area contributed by atoms with E-state index in [-0.39, 0.29) is 5.82 Å². The molecule has 0 N–H and O–H groups in total. The van der Waals surface area contributed by atoms with Gasteiger partial charge in [-0.25, -0.2) is 4.39 Å². The van der Waals surface area contributed by atoms with Crippen molar-refractivity contribution >= 4 is 10.9 Å². The van der Waals surface area contributed by atoms with Crippen molar-refractivity contribution in [1.29, 1.82) is 0 Å². The average Bonchev–Trinajstić information content (AvgIpc) is 2.72. The van der Waals surface area contributed by atoms with Crippen molar-refractivity contribution in [3.63, 3.8) is 0 Å². The van der Waals surface area contributed by atoms with Gasteiger partial charge in [0.25, 0.3) is 0 Å². The molecule has 0 fully saturated rings. The molecule has 1 heterocycles. The number of aryl methyl sites for hydroxylation is 1. The highest BCUT2D eigenvalue weighted by atomic mass is 19.1. The van der Waals surface area contributed by atoms with E-state index in [1.807, 2.05) is 16.9 Å². The Labute approximate surface area is 105 Å². The molecule has 3 aromatic rings. The first kappa shape index (κ1) is 11.0. The smallest absolute Gasteiger partial charge is 0.123 e. The number of nitrogens with zero attached hydrogens (tertiary/aromatic N) is 2. The van der Waals surface area contributed by atoms with Crippen LogP contribution in [0, 0.1) is 12.7 Å². The van der Waals surface area contributed by atoms with E-state index in [0.29, 0.717) is 6.54 Å². The van der Waals surface area contributed by atoms with Crippen LogP contribution in [-0.2, 0) is 6.54 Å². The van der Waals surface area contributed by atoms with Gasteiger partial charge in [0.1, 0.15) is 5.82 Å². The van der Waals surface area contributed by atoms with E-state index in [9.17, 15) is 4.39 Å². The minimum absolute atomic E-state index is 0.209. The zero-order valence-corrected chi connectivity index (χ0v) is 10.1. The van der Waals surface area contributed by atoms with Crippen LogP contribution in [0.25, 0.3) is 10.9 Å². The van der Waals surface area contributed by atoms with Gasteiger partial charge in [0.15, 0.2) is 0 Å². The summed E-state index contributed by atoms with van der Waals surface area (Å²) < 4.78 is 15.0. The number of aromatic nitrogens is 2. The molecule has 0 bridgehead atoms. The molecule has 3 heteroatoms. The van der Waals surface area contributed by atoms with Gasteiger partial charge in [-0.15, -0.1) is 0 Å². The highest BCUT2D eigenvalue weighted by Gasteiger charge is 2.04. The Hall–Kier alpha value is -2.16. The summed E-state index contributed by atoms with van der Waals surface area (Å²) in [6.07, 6.45) is 1.85. The van der Waals surface area contributed by atoms with Crippen molar-refractivity contribution in [2.24, 2.45) is 0 Å². The third-order valence-electron chi connectivity index (χ3n) is 3.02. The van der Waals surface area contributed by atoms with Crippen LogP contribution in [0.2, 0.25) is 0 Å². The van der Waals surface area contributed by atoms with Crippen molar-refractivity contribution in [1.82, 2.24) is 9.78 Å². The van der Waals surface area contributed by atoms with Gasteiger partial charge >= 0.3 is 0 Å². The molecule has 0 saturated carbocycles. The lowest BCUT2D eigenvalue weighted by atomic mass is 10.2. The van der Waals surface area contributed by atoms with Gasteiger partial charge in [0, 0.05) is 5.39 Å². The molecule has 0 spiro atoms. The fraction of sp³-hybridized carbons (Fsp3) is 0.133. The van der Waals surface area contributed by atoms with Gasteiger partial charge in [-0.3, -0.25) is 4.68 Å². The zero-order valence-electron chi connectivity index (χ0n) is 10.1. The average molecular weight is 240 g/mol. The monoisotopic (exact) mass is 240 g/mol. The lowest BCUT2D eigenvalue weighted by molar-refractivity contribution is 0.621. The molecule has 18 heavy (non-hydrogen) atoms. The second kappa shape index (κ2) is 4.26. The molecule has 3 rings (SSSR count). The molecule has 0 atom stereocenters. The maximum Gasteiger partial charge on any atom is 0.123 e. The molecule has 2 nitrogen and oxygen atoms in total. The van der Waals surface area contributed by atoms with Crippen LogP contribution in [0.5, 0.6) is 0 Å². The summed E-state index contributed by atoms with van der Waals surface area (Å²) in [5.41, 5.74) is 3.21. The van der Waals surface area contributed by atoms with Crippen molar-refractivity contribution in [3.05, 3.63) is 65.6 Å². The van der Waals surface area contributed by atoms with E-state index in [4.69, 9.17) is 0 Å². The second-order valence-electron chi connectivity index (χ2n) is 4.49. The molecule has 0 aliphatic rings. The number of rotatable bonds is 2. The lowest BCUT2D eigenvalue weighted by Crippen LogP contribution is -2.01. The standard InChI is InChI=1S/C15H13FN2/c1-11-5-6-15-13(7-11)9-17-18(15)10-12-3-2-4-14(16)8-12/h2-9H,10H2,1H3. The Morgan fingerprint density at radius 3 is 2.89 bits per heavy atom. The highest BCUT2D eigenvalue weighted by molar-refractivity contribution is 5.79. The second-order valence-corrected chi connectivity index (χ2v) is 4.49. The predicted octanol–water partition coefficient (Wildman–Crippen LogP) is 3.53. The van der Waals surface area contributed by atoms with Gasteiger partial charge in [-0.1, -0.05) is 23.8 Å². The quantitative estimate of drug-likeness (QED) is 0.670. The van der Waals surface area contributed by atoms with Crippen LogP contribution in [0.15, 0.2) is 48.7 Å². The third kappa shape index (κ3) is 1.99. The van der Waals surface area contributed by atoms with Gasteiger partial charge in [-0.05, 0) is 36.8 Å². The maximum absolute atomic E-state index is 13.1. The molecule has 90 valence electrons. The zero-order chi connectivity index (χ0) is 12.5. The van der Waals surface area contributed by atoms with Gasteiger partial charge in [-0.2, -0.15) is 5.10 Å². The Bertz CT molecular complexity index is 701. The van der Waals surface area contributed by atoms with Crippen LogP contribution in [0.4, 0.5) is 4.39 Å². The SMILES string of the molecule is Cc1ccc2c(cnn2Cc2cccc(F)c2)c1. The summed E-state index contributed by atoms with van der Waals surface area (Å²) in [7, 11) is 0. The van der Waals surface area contributed by atoms with E-state index in [0.717, 1.165) is 16.5 Å². The fourth-order valence-corrected chi connectivity index (χ4v) is 2.14. The Kier molecular flexibility index (Phi) is 2.59. The topological polar surface area (TPSA) is 17.8 Å². The minimum Gasteiger partial charge on any atom is -0.260 e. The van der Waals surface area contributed by atoms with Crippen molar-refractivity contribution in [2.75, 3.05) is 0 Å². The summed E-state index contributed by atoms with van der Waals surface area (Å²) in [4.78, 5) is 0. The predicted molar refractivity (Wildman–Crippen MR) is 70.0 cm³/mol. The number of hydrogen-bond acceptors (Lipinski definition) is 1. The molecule has 0 saturated heterocycles. The first-order chi connectivity index (χ1) is 8.72. The van der Waals surface area contributed by atoms with Crippen LogP contribution in [0.3, 0.4) is 0 Å². The van der Waals surface area contributed by atoms with Crippen molar-refractivity contribution in [2.45, 2.75) is 13.5 Å². The summed E-state index contributed by atoms with van der Waals surface area (Å²) >= 11 is 0. The first-order valence-corrected chi connectivity index (χ1v) is 5.89. The summed E-state index contributed by atoms with van der Waals surface area (Å²) in [5, 5.41) is 5.47. The summed E-state index contributed by atoms with van der Waals surface area (Å²) in [5.74, 6) is -0.209. The molecule has 0 amide bonds. The molecule has 0 aliphatic carbocycles. The lowest BCUT2D eigenvalue weighted by Gasteiger charge is -2.04. The molecule has 1 aromatic heterocycles. The maximum atomic E-state index is 13.1. The van der Waals surface area contributed by atoms with Gasteiger partial charge in [0.05, 0.1) is 18.3 Å². The van der Waals surface area contributed by atoms with Crippen LogP contribution in [-0.4, -0.2) is 9.78 Å². The summed E-state index contributed by atoms with van der Waals surface area (Å²) in [6, 6.07) is 12.8. The number of halogens is 1. The van der Waals surface area contributed by atoms with Crippen molar-refractivity contribution < 1.29 is 4.39 Å². The fourth-order valence-electron chi connectivity index (χ4n) is 2.14. The van der Waals surface area contributed by atoms with E-state index in [1.54, 1.807) is 12.1 Å². The highest BCUT2D eigenvalue weighted by Crippen LogP contribution is 2.16. The first-order valence-electron chi connectivity index (χ1n) is 5.89. The Morgan fingerprint density at radius 1 is 1.17 bits per heavy atom. The number of benzene rings is 2. The van der Waals surface area contributed by atoms with E-state index < -0.39 is 0 Å². The number of fused-ring (bicyclic) bond motifs is 1. The largest absolute Gasteiger partial charge is 0.260 e. The Morgan fingerprint density at radius 2 is 2.06 bits per heavy atom. The molecular weight excluding hydrogens is 227 g/mol. The van der Waals surface area contributed by atoms with Crippen LogP contribution in [0.1, 0.15) is 11.1 Å².